The van der Waals surface area contributed by atoms with Crippen LogP contribution in [0.15, 0.2) is 24.3 Å². The van der Waals surface area contributed by atoms with Gasteiger partial charge in [-0.15, -0.1) is 0 Å². The fraction of sp³-hybridized carbons (Fsp3) is 0.533. The van der Waals surface area contributed by atoms with E-state index >= 15 is 0 Å². The topological polar surface area (TPSA) is 95.6 Å². The molecule has 2 unspecified atom stereocenters. The maximum atomic E-state index is 12.1. The molecule has 0 fully saturated rings. The summed E-state index contributed by atoms with van der Waals surface area (Å²) in [5.41, 5.74) is 6.37. The standard InChI is InChI=1S/C15H24N2O3/c1-3-15(2,8-9-18)17-14(20)13(16)10-11-4-6-12(19)7-5-11/h4-7,13,18-19H,3,8-10,16H2,1-2H3,(H,17,20). The van der Waals surface area contributed by atoms with Crippen molar-refractivity contribution in [2.24, 2.45) is 5.73 Å². The van der Waals surface area contributed by atoms with E-state index in [9.17, 15) is 9.90 Å². The number of phenols is 1. The van der Waals surface area contributed by atoms with Crippen LogP contribution in [-0.4, -0.2) is 34.3 Å². The molecule has 0 bridgehead atoms. The number of rotatable bonds is 7. The molecule has 0 aliphatic rings. The zero-order valence-electron chi connectivity index (χ0n) is 12.1. The van der Waals surface area contributed by atoms with Crippen LogP contribution in [0.1, 0.15) is 32.3 Å². The van der Waals surface area contributed by atoms with E-state index in [1.165, 1.54) is 0 Å². The summed E-state index contributed by atoms with van der Waals surface area (Å²) in [6.07, 6.45) is 1.64. The van der Waals surface area contributed by atoms with Crippen molar-refractivity contribution in [2.45, 2.75) is 44.7 Å². The summed E-state index contributed by atoms with van der Waals surface area (Å²) in [4.78, 5) is 12.1. The Morgan fingerprint density at radius 2 is 2.00 bits per heavy atom. The van der Waals surface area contributed by atoms with Crippen LogP contribution in [0.4, 0.5) is 0 Å². The fourth-order valence-corrected chi connectivity index (χ4v) is 1.94. The van der Waals surface area contributed by atoms with Crippen molar-refractivity contribution in [3.05, 3.63) is 29.8 Å². The van der Waals surface area contributed by atoms with Gasteiger partial charge in [0.1, 0.15) is 5.75 Å². The molecule has 1 aromatic carbocycles. The summed E-state index contributed by atoms with van der Waals surface area (Å²) < 4.78 is 0. The summed E-state index contributed by atoms with van der Waals surface area (Å²) in [6.45, 7) is 3.88. The van der Waals surface area contributed by atoms with E-state index in [4.69, 9.17) is 10.8 Å². The molecule has 0 aliphatic carbocycles. The average Bonchev–Trinajstić information content (AvgIpc) is 2.41. The van der Waals surface area contributed by atoms with Crippen molar-refractivity contribution in [3.8, 4) is 5.75 Å². The third-order valence-electron chi connectivity index (χ3n) is 3.60. The highest BCUT2D eigenvalue weighted by molar-refractivity contribution is 5.82. The molecular weight excluding hydrogens is 256 g/mol. The first-order valence-corrected chi connectivity index (χ1v) is 6.86. The highest BCUT2D eigenvalue weighted by atomic mass is 16.3. The van der Waals surface area contributed by atoms with Crippen molar-refractivity contribution < 1.29 is 15.0 Å². The number of amides is 1. The van der Waals surface area contributed by atoms with Gasteiger partial charge in [0, 0.05) is 12.1 Å². The molecule has 1 aromatic rings. The maximum Gasteiger partial charge on any atom is 0.237 e. The minimum Gasteiger partial charge on any atom is -0.508 e. The number of aromatic hydroxyl groups is 1. The second-order valence-corrected chi connectivity index (χ2v) is 5.35. The van der Waals surface area contributed by atoms with E-state index in [0.717, 1.165) is 12.0 Å². The smallest absolute Gasteiger partial charge is 0.237 e. The molecule has 1 amide bonds. The first kappa shape index (κ1) is 16.5. The lowest BCUT2D eigenvalue weighted by atomic mass is 9.94. The summed E-state index contributed by atoms with van der Waals surface area (Å²) in [5, 5.41) is 21.2. The molecule has 2 atom stereocenters. The molecule has 5 N–H and O–H groups in total. The lowest BCUT2D eigenvalue weighted by Crippen LogP contribution is -2.52. The Kier molecular flexibility index (Phi) is 5.98. The highest BCUT2D eigenvalue weighted by Crippen LogP contribution is 2.15. The first-order chi connectivity index (χ1) is 9.40. The fourth-order valence-electron chi connectivity index (χ4n) is 1.94. The molecule has 0 saturated heterocycles. The summed E-state index contributed by atoms with van der Waals surface area (Å²) >= 11 is 0. The first-order valence-electron chi connectivity index (χ1n) is 6.86. The predicted molar refractivity (Wildman–Crippen MR) is 78.3 cm³/mol. The van der Waals surface area contributed by atoms with Crippen LogP contribution in [0, 0.1) is 0 Å². The van der Waals surface area contributed by atoms with Crippen LogP contribution >= 0.6 is 0 Å². The Morgan fingerprint density at radius 1 is 1.40 bits per heavy atom. The summed E-state index contributed by atoms with van der Waals surface area (Å²) in [5.74, 6) is -0.0378. The van der Waals surface area contributed by atoms with Crippen LogP contribution in [0.25, 0.3) is 0 Å². The number of hydrogen-bond donors (Lipinski definition) is 4. The van der Waals surface area contributed by atoms with Crippen LogP contribution in [0.5, 0.6) is 5.75 Å². The van der Waals surface area contributed by atoms with E-state index in [2.05, 4.69) is 5.32 Å². The van der Waals surface area contributed by atoms with Crippen molar-refractivity contribution in [1.29, 1.82) is 0 Å². The van der Waals surface area contributed by atoms with Gasteiger partial charge < -0.3 is 21.3 Å². The molecule has 0 aromatic heterocycles. The largest absolute Gasteiger partial charge is 0.508 e. The maximum absolute atomic E-state index is 12.1. The van der Waals surface area contributed by atoms with Crippen LogP contribution in [0.2, 0.25) is 0 Å². The number of aliphatic hydroxyl groups is 1. The van der Waals surface area contributed by atoms with Gasteiger partial charge in [-0.05, 0) is 43.9 Å². The summed E-state index contributed by atoms with van der Waals surface area (Å²) in [7, 11) is 0. The number of nitrogens with one attached hydrogen (secondary N) is 1. The second kappa shape index (κ2) is 7.26. The normalized spacial score (nSPS) is 15.4. The quantitative estimate of drug-likeness (QED) is 0.597. The predicted octanol–water partition coefficient (Wildman–Crippen LogP) is 0.929. The Morgan fingerprint density at radius 3 is 2.50 bits per heavy atom. The molecule has 112 valence electrons. The van der Waals surface area contributed by atoms with E-state index in [1.54, 1.807) is 24.3 Å². The molecule has 0 saturated carbocycles. The van der Waals surface area contributed by atoms with Crippen LogP contribution in [0.3, 0.4) is 0 Å². The number of carbonyl (C=O) groups is 1. The number of phenolic OH excluding ortho intramolecular Hbond substituents is 1. The minimum absolute atomic E-state index is 0.0256. The van der Waals surface area contributed by atoms with Gasteiger partial charge in [0.2, 0.25) is 5.91 Å². The number of hydrogen-bond acceptors (Lipinski definition) is 4. The van der Waals surface area contributed by atoms with E-state index in [1.807, 2.05) is 13.8 Å². The van der Waals surface area contributed by atoms with Gasteiger partial charge >= 0.3 is 0 Å². The number of aliphatic hydroxyl groups excluding tert-OH is 1. The van der Waals surface area contributed by atoms with Crippen LogP contribution < -0.4 is 11.1 Å². The van der Waals surface area contributed by atoms with Gasteiger partial charge in [-0.25, -0.2) is 0 Å². The Hall–Kier alpha value is -1.59. The van der Waals surface area contributed by atoms with Crippen LogP contribution in [-0.2, 0) is 11.2 Å². The molecule has 1 rings (SSSR count). The lowest BCUT2D eigenvalue weighted by molar-refractivity contribution is -0.124. The van der Waals surface area contributed by atoms with E-state index in [-0.39, 0.29) is 18.3 Å². The van der Waals surface area contributed by atoms with Crippen molar-refractivity contribution in [2.75, 3.05) is 6.61 Å². The van der Waals surface area contributed by atoms with Gasteiger partial charge in [0.05, 0.1) is 6.04 Å². The number of benzene rings is 1. The highest BCUT2D eigenvalue weighted by Gasteiger charge is 2.26. The third-order valence-corrected chi connectivity index (χ3v) is 3.60. The molecule has 5 heteroatoms. The molecule has 0 heterocycles. The zero-order valence-corrected chi connectivity index (χ0v) is 12.1. The van der Waals surface area contributed by atoms with Crippen molar-refractivity contribution >= 4 is 5.91 Å². The zero-order chi connectivity index (χ0) is 15.2. The van der Waals surface area contributed by atoms with Gasteiger partial charge in [0.25, 0.3) is 0 Å². The Bertz CT molecular complexity index is 433. The Balaban J connectivity index is 2.60. The molecule has 0 radical (unpaired) electrons. The second-order valence-electron chi connectivity index (χ2n) is 5.35. The number of nitrogens with two attached hydrogens (primary N) is 1. The van der Waals surface area contributed by atoms with Gasteiger partial charge in [0.15, 0.2) is 0 Å². The van der Waals surface area contributed by atoms with Gasteiger partial charge in [-0.1, -0.05) is 19.1 Å². The third kappa shape index (κ3) is 4.83. The average molecular weight is 280 g/mol. The molecule has 0 spiro atoms. The minimum atomic E-state index is -0.649. The SMILES string of the molecule is CCC(C)(CCO)NC(=O)C(N)Cc1ccc(O)cc1. The van der Waals surface area contributed by atoms with Crippen molar-refractivity contribution in [3.63, 3.8) is 0 Å². The van der Waals surface area contributed by atoms with E-state index < -0.39 is 11.6 Å². The monoisotopic (exact) mass is 280 g/mol. The van der Waals surface area contributed by atoms with Crippen molar-refractivity contribution in [1.82, 2.24) is 5.32 Å². The number of carbonyl (C=O) groups excluding carboxylic acids is 1. The summed E-state index contributed by atoms with van der Waals surface area (Å²) in [6, 6.07) is 5.98. The van der Waals surface area contributed by atoms with Gasteiger partial charge in [-0.2, -0.15) is 0 Å². The van der Waals surface area contributed by atoms with E-state index in [0.29, 0.717) is 12.8 Å². The van der Waals surface area contributed by atoms with Gasteiger partial charge in [-0.3, -0.25) is 4.79 Å². The molecule has 0 aliphatic heterocycles. The Labute approximate surface area is 119 Å². The lowest BCUT2D eigenvalue weighted by Gasteiger charge is -2.30. The molecular formula is C15H24N2O3. The molecule has 20 heavy (non-hydrogen) atoms. The molecule has 5 nitrogen and oxygen atoms in total.